The topological polar surface area (TPSA) is 52.3 Å². The molecule has 3 nitrogen and oxygen atoms in total. The van der Waals surface area contributed by atoms with E-state index in [1.54, 1.807) is 6.08 Å². The van der Waals surface area contributed by atoms with Crippen LogP contribution in [0.4, 0.5) is 4.79 Å². The molecule has 0 aromatic heterocycles. The summed E-state index contributed by atoms with van der Waals surface area (Å²) < 4.78 is 4.82. The second kappa shape index (κ2) is 5.89. The van der Waals surface area contributed by atoms with Gasteiger partial charge in [0.25, 0.3) is 0 Å². The first-order chi connectivity index (χ1) is 8.04. The van der Waals surface area contributed by atoms with Gasteiger partial charge >= 0.3 is 6.09 Å². The molecular formula is C14H17NO2. The van der Waals surface area contributed by atoms with E-state index in [1.807, 2.05) is 38.1 Å². The lowest BCUT2D eigenvalue weighted by atomic mass is 9.99. The van der Waals surface area contributed by atoms with E-state index in [1.165, 1.54) is 0 Å². The van der Waals surface area contributed by atoms with Gasteiger partial charge in [-0.25, -0.2) is 4.79 Å². The number of hydrogen-bond donors (Lipinski definition) is 1. The van der Waals surface area contributed by atoms with Crippen molar-refractivity contribution in [1.82, 2.24) is 0 Å². The van der Waals surface area contributed by atoms with Crippen LogP contribution in [0.1, 0.15) is 22.3 Å². The molecular weight excluding hydrogens is 214 g/mol. The highest BCUT2D eigenvalue weighted by atomic mass is 16.5. The van der Waals surface area contributed by atoms with Crippen molar-refractivity contribution in [2.45, 2.75) is 20.5 Å². The van der Waals surface area contributed by atoms with Crippen LogP contribution in [0.5, 0.6) is 0 Å². The summed E-state index contributed by atoms with van der Waals surface area (Å²) in [5.74, 6) is 0. The van der Waals surface area contributed by atoms with Gasteiger partial charge in [0.2, 0.25) is 0 Å². The molecule has 17 heavy (non-hydrogen) atoms. The Morgan fingerprint density at radius 1 is 1.41 bits per heavy atom. The summed E-state index contributed by atoms with van der Waals surface area (Å²) in [7, 11) is 0. The number of nitrogens with two attached hydrogens (primary N) is 1. The first-order valence-electron chi connectivity index (χ1n) is 5.36. The first-order valence-corrected chi connectivity index (χ1v) is 5.36. The van der Waals surface area contributed by atoms with Crippen LogP contribution in [0.3, 0.4) is 0 Å². The quantitative estimate of drug-likeness (QED) is 0.809. The molecule has 0 heterocycles. The molecule has 0 saturated carbocycles. The van der Waals surface area contributed by atoms with Crippen LogP contribution in [-0.4, -0.2) is 6.09 Å². The summed E-state index contributed by atoms with van der Waals surface area (Å²) in [6.45, 7) is 7.82. The Labute approximate surface area is 102 Å². The van der Waals surface area contributed by atoms with Crippen LogP contribution >= 0.6 is 0 Å². The van der Waals surface area contributed by atoms with Gasteiger partial charge in [-0.2, -0.15) is 0 Å². The maximum atomic E-state index is 10.6. The minimum absolute atomic E-state index is 0.221. The number of benzene rings is 1. The zero-order valence-electron chi connectivity index (χ0n) is 10.2. The van der Waals surface area contributed by atoms with E-state index >= 15 is 0 Å². The largest absolute Gasteiger partial charge is 0.445 e. The number of hydrogen-bond acceptors (Lipinski definition) is 2. The third kappa shape index (κ3) is 3.79. The second-order valence-electron chi connectivity index (χ2n) is 3.84. The lowest BCUT2D eigenvalue weighted by Crippen LogP contribution is -2.13. The van der Waals surface area contributed by atoms with Crippen molar-refractivity contribution in [3.05, 3.63) is 53.1 Å². The maximum absolute atomic E-state index is 10.6. The molecule has 0 bridgehead atoms. The van der Waals surface area contributed by atoms with Gasteiger partial charge in [-0.1, -0.05) is 36.9 Å². The van der Waals surface area contributed by atoms with Gasteiger partial charge in [0.05, 0.1) is 0 Å². The summed E-state index contributed by atoms with van der Waals surface area (Å²) in [6, 6.07) is 4.07. The van der Waals surface area contributed by atoms with Gasteiger partial charge in [-0.3, -0.25) is 0 Å². The number of rotatable bonds is 4. The van der Waals surface area contributed by atoms with Crippen LogP contribution in [0.25, 0.3) is 6.08 Å². The number of ether oxygens (including phenoxy) is 1. The highest BCUT2D eigenvalue weighted by Gasteiger charge is 2.06. The van der Waals surface area contributed by atoms with Crippen LogP contribution in [0.15, 0.2) is 30.9 Å². The minimum atomic E-state index is -0.751. The number of primary amides is 1. The van der Waals surface area contributed by atoms with Crippen molar-refractivity contribution in [3.8, 4) is 0 Å². The van der Waals surface area contributed by atoms with Crippen LogP contribution in [-0.2, 0) is 11.3 Å². The molecule has 1 amide bonds. The normalized spacial score (nSPS) is 10.5. The molecule has 0 aliphatic carbocycles. The summed E-state index contributed by atoms with van der Waals surface area (Å²) >= 11 is 0. The lowest BCUT2D eigenvalue weighted by Gasteiger charge is -2.10. The number of amides is 1. The molecule has 0 radical (unpaired) electrons. The van der Waals surface area contributed by atoms with E-state index in [4.69, 9.17) is 10.5 Å². The molecule has 1 rings (SSSR count). The summed E-state index contributed by atoms with van der Waals surface area (Å²) in [5, 5.41) is 0. The van der Waals surface area contributed by atoms with Gasteiger partial charge in [0.15, 0.2) is 0 Å². The van der Waals surface area contributed by atoms with E-state index < -0.39 is 6.09 Å². The maximum Gasteiger partial charge on any atom is 0.404 e. The molecule has 0 aliphatic heterocycles. The predicted octanol–water partition coefficient (Wildman–Crippen LogP) is 3.10. The summed E-state index contributed by atoms with van der Waals surface area (Å²) in [5.41, 5.74) is 9.21. The molecule has 0 unspecified atom stereocenters. The second-order valence-corrected chi connectivity index (χ2v) is 3.84. The summed E-state index contributed by atoms with van der Waals surface area (Å²) in [6.07, 6.45) is 4.84. The fourth-order valence-electron chi connectivity index (χ4n) is 1.67. The molecule has 0 fully saturated rings. The smallest absolute Gasteiger partial charge is 0.404 e. The number of carbonyl (C=O) groups is 1. The van der Waals surface area contributed by atoms with Gasteiger partial charge in [-0.15, -0.1) is 0 Å². The molecule has 1 aromatic rings. The molecule has 1 aromatic carbocycles. The highest BCUT2D eigenvalue weighted by molar-refractivity contribution is 5.64. The van der Waals surface area contributed by atoms with Gasteiger partial charge in [0, 0.05) is 0 Å². The first kappa shape index (κ1) is 13.0. The lowest BCUT2D eigenvalue weighted by molar-refractivity contribution is 0.150. The number of aryl methyl sites for hydroxylation is 2. The zero-order chi connectivity index (χ0) is 12.8. The van der Waals surface area contributed by atoms with Gasteiger partial charge < -0.3 is 10.5 Å². The Balaban J connectivity index is 2.97. The molecule has 0 aliphatic rings. The van der Waals surface area contributed by atoms with Crippen molar-refractivity contribution in [1.29, 1.82) is 0 Å². The number of carbonyl (C=O) groups excluding carboxylic acids is 1. The fraction of sp³-hybridized carbons (Fsp3) is 0.214. The zero-order valence-corrected chi connectivity index (χ0v) is 10.2. The van der Waals surface area contributed by atoms with Crippen molar-refractivity contribution < 1.29 is 9.53 Å². The molecule has 0 saturated heterocycles. The monoisotopic (exact) mass is 231 g/mol. The Kier molecular flexibility index (Phi) is 4.52. The van der Waals surface area contributed by atoms with E-state index in [9.17, 15) is 4.79 Å². The summed E-state index contributed by atoms with van der Waals surface area (Å²) in [4.78, 5) is 10.6. The molecule has 90 valence electrons. The third-order valence-electron chi connectivity index (χ3n) is 2.50. The SMILES string of the molecule is C=C/C=C/c1cc(C)c(COC(N)=O)c(C)c1. The predicted molar refractivity (Wildman–Crippen MR) is 69.5 cm³/mol. The standard InChI is InChI=1S/C14H17NO2/c1-4-5-6-12-7-10(2)13(11(3)8-12)9-17-14(15)16/h4-8H,1,9H2,2-3H3,(H2,15,16)/b6-5+. The minimum Gasteiger partial charge on any atom is -0.445 e. The molecule has 0 spiro atoms. The van der Waals surface area contributed by atoms with E-state index in [2.05, 4.69) is 6.58 Å². The molecule has 3 heteroatoms. The van der Waals surface area contributed by atoms with E-state index in [-0.39, 0.29) is 6.61 Å². The van der Waals surface area contributed by atoms with Crippen molar-refractivity contribution >= 4 is 12.2 Å². The van der Waals surface area contributed by atoms with Crippen molar-refractivity contribution in [2.24, 2.45) is 5.73 Å². The van der Waals surface area contributed by atoms with Gasteiger partial charge in [0.1, 0.15) is 6.61 Å². The van der Waals surface area contributed by atoms with Crippen molar-refractivity contribution in [3.63, 3.8) is 0 Å². The van der Waals surface area contributed by atoms with E-state index in [0.717, 1.165) is 22.3 Å². The van der Waals surface area contributed by atoms with E-state index in [0.29, 0.717) is 0 Å². The number of allylic oxidation sites excluding steroid dienone is 2. The fourth-order valence-corrected chi connectivity index (χ4v) is 1.67. The Bertz CT molecular complexity index is 438. The average Bonchev–Trinajstić information content (AvgIpc) is 2.24. The van der Waals surface area contributed by atoms with Crippen LogP contribution < -0.4 is 5.73 Å². The average molecular weight is 231 g/mol. The highest BCUT2D eigenvalue weighted by Crippen LogP contribution is 2.18. The van der Waals surface area contributed by atoms with Crippen molar-refractivity contribution in [2.75, 3.05) is 0 Å². The third-order valence-corrected chi connectivity index (χ3v) is 2.50. The Morgan fingerprint density at radius 2 is 2.00 bits per heavy atom. The molecule has 0 atom stereocenters. The van der Waals surface area contributed by atoms with Gasteiger partial charge in [-0.05, 0) is 36.1 Å². The Morgan fingerprint density at radius 3 is 2.47 bits per heavy atom. The molecule has 2 N–H and O–H groups in total. The Hall–Kier alpha value is -2.03. The van der Waals surface area contributed by atoms with Crippen LogP contribution in [0, 0.1) is 13.8 Å². The van der Waals surface area contributed by atoms with Crippen LogP contribution in [0.2, 0.25) is 0 Å².